The second-order valence-corrected chi connectivity index (χ2v) is 8.14. The van der Waals surface area contributed by atoms with E-state index >= 15 is 0 Å². The van der Waals surface area contributed by atoms with Gasteiger partial charge in [-0.05, 0) is 41.7 Å². The second kappa shape index (κ2) is 7.50. The van der Waals surface area contributed by atoms with Gasteiger partial charge in [0.25, 0.3) is 5.56 Å². The van der Waals surface area contributed by atoms with Gasteiger partial charge in [0.15, 0.2) is 5.65 Å². The highest BCUT2D eigenvalue weighted by molar-refractivity contribution is 5.95. The maximum atomic E-state index is 13.0. The SMILES string of the molecule is CC(C)c1ccc(-n2ncc3c(=O)n(CC(=O)N4CCc5ccccc54)cnc32)cc1. The van der Waals surface area contributed by atoms with Crippen LogP contribution >= 0.6 is 0 Å². The Morgan fingerprint density at radius 2 is 1.87 bits per heavy atom. The van der Waals surface area contributed by atoms with Crippen LogP contribution in [0.5, 0.6) is 0 Å². The normalized spacial score (nSPS) is 13.2. The Morgan fingerprint density at radius 3 is 2.65 bits per heavy atom. The van der Waals surface area contributed by atoms with Crippen LogP contribution in [0.25, 0.3) is 16.7 Å². The van der Waals surface area contributed by atoms with Crippen LogP contribution in [0.2, 0.25) is 0 Å². The number of anilines is 1. The minimum absolute atomic E-state index is 0.0512. The number of para-hydroxylation sites is 1. The average Bonchev–Trinajstić information content (AvgIpc) is 3.40. The molecule has 5 rings (SSSR count). The van der Waals surface area contributed by atoms with Gasteiger partial charge < -0.3 is 4.90 Å². The third kappa shape index (κ3) is 3.32. The molecule has 0 fully saturated rings. The van der Waals surface area contributed by atoms with Crippen LogP contribution in [-0.2, 0) is 17.8 Å². The fourth-order valence-corrected chi connectivity index (χ4v) is 4.08. The molecule has 1 amide bonds. The number of hydrogen-bond donors (Lipinski definition) is 0. The summed E-state index contributed by atoms with van der Waals surface area (Å²) in [5, 5.41) is 4.77. The molecule has 0 saturated carbocycles. The van der Waals surface area contributed by atoms with Crippen molar-refractivity contribution in [1.29, 1.82) is 0 Å². The molecule has 7 nitrogen and oxygen atoms in total. The molecule has 7 heteroatoms. The van der Waals surface area contributed by atoms with Gasteiger partial charge in [0, 0.05) is 12.2 Å². The zero-order valence-electron chi connectivity index (χ0n) is 17.5. The van der Waals surface area contributed by atoms with Crippen molar-refractivity contribution in [3.8, 4) is 5.69 Å². The van der Waals surface area contributed by atoms with Gasteiger partial charge in [-0.3, -0.25) is 14.2 Å². The zero-order valence-corrected chi connectivity index (χ0v) is 17.5. The summed E-state index contributed by atoms with van der Waals surface area (Å²) in [7, 11) is 0. The largest absolute Gasteiger partial charge is 0.310 e. The van der Waals surface area contributed by atoms with E-state index in [0.717, 1.165) is 23.4 Å². The van der Waals surface area contributed by atoms with Crippen molar-refractivity contribution in [3.05, 3.63) is 82.5 Å². The molecular formula is C24H23N5O2. The quantitative estimate of drug-likeness (QED) is 0.515. The first-order valence-electron chi connectivity index (χ1n) is 10.4. The van der Waals surface area contributed by atoms with Gasteiger partial charge in [-0.25, -0.2) is 9.67 Å². The molecule has 0 saturated heterocycles. The molecule has 0 aliphatic carbocycles. The third-order valence-electron chi connectivity index (χ3n) is 5.85. The van der Waals surface area contributed by atoms with Crippen molar-refractivity contribution in [2.75, 3.05) is 11.4 Å². The molecule has 2 aromatic carbocycles. The maximum Gasteiger partial charge on any atom is 0.264 e. The molecule has 156 valence electrons. The highest BCUT2D eigenvalue weighted by Gasteiger charge is 2.24. The molecule has 3 heterocycles. The molecule has 0 radical (unpaired) electrons. The standard InChI is InChI=1S/C24H23N5O2/c1-16(2)17-7-9-19(10-8-17)29-23-20(13-26-29)24(31)27(15-25-23)14-22(30)28-12-11-18-5-3-4-6-21(18)28/h3-10,13,15-16H,11-12,14H2,1-2H3. The van der Waals surface area contributed by atoms with Gasteiger partial charge in [0.1, 0.15) is 18.3 Å². The number of carbonyl (C=O) groups is 1. The fraction of sp³-hybridized carbons (Fsp3) is 0.250. The van der Waals surface area contributed by atoms with Crippen molar-refractivity contribution in [3.63, 3.8) is 0 Å². The molecule has 0 bridgehead atoms. The number of hydrogen-bond acceptors (Lipinski definition) is 4. The maximum absolute atomic E-state index is 13.0. The lowest BCUT2D eigenvalue weighted by Gasteiger charge is -2.17. The Balaban J connectivity index is 1.44. The Hall–Kier alpha value is -3.74. The van der Waals surface area contributed by atoms with Gasteiger partial charge in [-0.2, -0.15) is 5.10 Å². The highest BCUT2D eigenvalue weighted by atomic mass is 16.2. The van der Waals surface area contributed by atoms with E-state index in [-0.39, 0.29) is 18.0 Å². The summed E-state index contributed by atoms with van der Waals surface area (Å²) < 4.78 is 3.02. The molecular weight excluding hydrogens is 390 g/mol. The Bertz CT molecular complexity index is 1330. The van der Waals surface area contributed by atoms with Crippen LogP contribution in [-0.4, -0.2) is 31.8 Å². The van der Waals surface area contributed by atoms with E-state index in [0.29, 0.717) is 23.5 Å². The summed E-state index contributed by atoms with van der Waals surface area (Å²) in [4.78, 5) is 32.1. The van der Waals surface area contributed by atoms with Crippen molar-refractivity contribution in [2.24, 2.45) is 0 Å². The lowest BCUT2D eigenvalue weighted by Crippen LogP contribution is -2.35. The van der Waals surface area contributed by atoms with Gasteiger partial charge in [0.2, 0.25) is 5.91 Å². The number of aromatic nitrogens is 4. The number of fused-ring (bicyclic) bond motifs is 2. The number of nitrogens with zero attached hydrogens (tertiary/aromatic N) is 5. The molecule has 1 aliphatic rings. The van der Waals surface area contributed by atoms with Crippen LogP contribution in [0.4, 0.5) is 5.69 Å². The predicted molar refractivity (Wildman–Crippen MR) is 120 cm³/mol. The molecule has 31 heavy (non-hydrogen) atoms. The number of rotatable bonds is 4. The predicted octanol–water partition coefficient (Wildman–Crippen LogP) is 3.29. The van der Waals surface area contributed by atoms with Crippen molar-refractivity contribution in [2.45, 2.75) is 32.7 Å². The minimum Gasteiger partial charge on any atom is -0.310 e. The number of benzene rings is 2. The smallest absolute Gasteiger partial charge is 0.264 e. The molecule has 1 aliphatic heterocycles. The van der Waals surface area contributed by atoms with Crippen LogP contribution < -0.4 is 10.5 Å². The third-order valence-corrected chi connectivity index (χ3v) is 5.85. The van der Waals surface area contributed by atoms with E-state index in [4.69, 9.17) is 0 Å². The van der Waals surface area contributed by atoms with Crippen LogP contribution in [0.3, 0.4) is 0 Å². The van der Waals surface area contributed by atoms with Crippen molar-refractivity contribution in [1.82, 2.24) is 19.3 Å². The van der Waals surface area contributed by atoms with Crippen molar-refractivity contribution < 1.29 is 4.79 Å². The first-order chi connectivity index (χ1) is 15.0. The fourth-order valence-electron chi connectivity index (χ4n) is 4.08. The van der Waals surface area contributed by atoms with E-state index in [1.807, 2.05) is 36.4 Å². The summed E-state index contributed by atoms with van der Waals surface area (Å²) in [6.45, 7) is 4.87. The summed E-state index contributed by atoms with van der Waals surface area (Å²) in [5.41, 5.74) is 4.37. The Morgan fingerprint density at radius 1 is 1.10 bits per heavy atom. The van der Waals surface area contributed by atoms with E-state index in [9.17, 15) is 9.59 Å². The van der Waals surface area contributed by atoms with Gasteiger partial charge in [-0.15, -0.1) is 0 Å². The van der Waals surface area contributed by atoms with Gasteiger partial charge >= 0.3 is 0 Å². The Labute approximate surface area is 179 Å². The van der Waals surface area contributed by atoms with Crippen LogP contribution in [0.15, 0.2) is 65.8 Å². The Kier molecular flexibility index (Phi) is 4.66. The second-order valence-electron chi connectivity index (χ2n) is 8.14. The van der Waals surface area contributed by atoms with Crippen molar-refractivity contribution >= 4 is 22.6 Å². The zero-order chi connectivity index (χ0) is 21.5. The number of amides is 1. The lowest BCUT2D eigenvalue weighted by molar-refractivity contribution is -0.119. The van der Waals surface area contributed by atoms with E-state index in [2.05, 4.69) is 36.1 Å². The molecule has 0 unspecified atom stereocenters. The first-order valence-corrected chi connectivity index (χ1v) is 10.4. The molecule has 0 atom stereocenters. The monoisotopic (exact) mass is 413 g/mol. The lowest BCUT2D eigenvalue weighted by atomic mass is 10.0. The molecule has 0 N–H and O–H groups in total. The van der Waals surface area contributed by atoms with Crippen LogP contribution in [0.1, 0.15) is 30.9 Å². The summed E-state index contributed by atoms with van der Waals surface area (Å²) in [6.07, 6.45) is 3.79. The summed E-state index contributed by atoms with van der Waals surface area (Å²) >= 11 is 0. The average molecular weight is 413 g/mol. The number of carbonyl (C=O) groups excluding carboxylic acids is 1. The van der Waals surface area contributed by atoms with Crippen LogP contribution in [0, 0.1) is 0 Å². The van der Waals surface area contributed by atoms with Gasteiger partial charge in [-0.1, -0.05) is 44.2 Å². The van der Waals surface area contributed by atoms with E-state index in [1.54, 1.807) is 9.58 Å². The minimum atomic E-state index is -0.268. The summed E-state index contributed by atoms with van der Waals surface area (Å²) in [5.74, 6) is 0.318. The topological polar surface area (TPSA) is 73.0 Å². The first kappa shape index (κ1) is 19.2. The van der Waals surface area contributed by atoms with Gasteiger partial charge in [0.05, 0.1) is 11.9 Å². The van der Waals surface area contributed by atoms with E-state index < -0.39 is 0 Å². The highest BCUT2D eigenvalue weighted by Crippen LogP contribution is 2.27. The molecule has 0 spiro atoms. The molecule has 2 aromatic heterocycles. The summed E-state index contributed by atoms with van der Waals surface area (Å²) in [6, 6.07) is 15.9. The molecule has 4 aromatic rings. The van der Waals surface area contributed by atoms with E-state index in [1.165, 1.54) is 22.7 Å².